The highest BCUT2D eigenvalue weighted by Gasteiger charge is 2.48. The Labute approximate surface area is 117 Å². The molecule has 0 aromatic heterocycles. The van der Waals surface area contributed by atoms with Crippen molar-refractivity contribution in [3.63, 3.8) is 0 Å². The molecule has 0 aliphatic rings. The average molecular weight is 333 g/mol. The van der Waals surface area contributed by atoms with Gasteiger partial charge in [-0.15, -0.1) is 0 Å². The van der Waals surface area contributed by atoms with Crippen molar-refractivity contribution >= 4 is 28.0 Å². The first-order valence-electron chi connectivity index (χ1n) is 5.25. The van der Waals surface area contributed by atoms with Crippen molar-refractivity contribution in [2.24, 2.45) is 0 Å². The molecule has 0 aromatic rings. The van der Waals surface area contributed by atoms with Crippen LogP contribution in [0.1, 0.15) is 12.8 Å². The van der Waals surface area contributed by atoms with Crippen LogP contribution in [-0.4, -0.2) is 56.5 Å². The maximum absolute atomic E-state index is 12.6. The summed E-state index contributed by atoms with van der Waals surface area (Å²) in [6.07, 6.45) is -0.604. The maximum atomic E-state index is 12.6. The Bertz CT molecular complexity index is 499. The Kier molecular flexibility index (Phi) is 7.15. The Balaban J connectivity index is 4.04. The van der Waals surface area contributed by atoms with Gasteiger partial charge >= 0.3 is 23.2 Å². The van der Waals surface area contributed by atoms with Crippen LogP contribution < -0.4 is 0 Å². The molecule has 9 nitrogen and oxygen atoms in total. The molecule has 0 amide bonds. The number of ether oxygens (including phenoxy) is 3. The lowest BCUT2D eigenvalue weighted by Crippen LogP contribution is -2.39. The molecule has 0 saturated heterocycles. The number of hydrogen-bond acceptors (Lipinski definition) is 9. The van der Waals surface area contributed by atoms with Crippen molar-refractivity contribution in [3.8, 4) is 0 Å². The first-order valence-corrected chi connectivity index (χ1v) is 6.66. The topological polar surface area (TPSA) is 136 Å². The maximum Gasteiger partial charge on any atom is 0.428 e. The number of carbonyl (C=O) groups is 3. The van der Waals surface area contributed by atoms with Crippen molar-refractivity contribution in [1.82, 2.24) is 0 Å². The Hall–Kier alpha value is -1.82. The van der Waals surface area contributed by atoms with Crippen molar-refractivity contribution in [3.05, 3.63) is 0 Å². The monoisotopic (exact) mass is 333 g/mol. The highest BCUT2D eigenvalue weighted by Crippen LogP contribution is 2.21. The molecule has 0 atom stereocenters. The van der Waals surface area contributed by atoms with Crippen LogP contribution in [0.3, 0.4) is 0 Å². The van der Waals surface area contributed by atoms with Gasteiger partial charge in [-0.05, 0) is 0 Å². The lowest BCUT2D eigenvalue weighted by molar-refractivity contribution is -0.165. The molecule has 0 N–H and O–H groups in total. The molecule has 0 unspecified atom stereocenters. The minimum absolute atomic E-state index is 0.262. The van der Waals surface area contributed by atoms with E-state index in [4.69, 9.17) is 0 Å². The van der Waals surface area contributed by atoms with Gasteiger partial charge < -0.3 is 18.8 Å². The van der Waals surface area contributed by atoms with Crippen LogP contribution in [0.15, 0.2) is 0 Å². The summed E-state index contributed by atoms with van der Waals surface area (Å²) in [5.74, 6) is -4.12. The summed E-state index contributed by atoms with van der Waals surface area (Å²) in [5.41, 5.74) is 0. The van der Waals surface area contributed by atoms with E-state index in [1.807, 2.05) is 0 Å². The van der Waals surface area contributed by atoms with E-state index in [2.05, 4.69) is 14.2 Å². The lowest BCUT2D eigenvalue weighted by Gasteiger charge is -2.17. The zero-order valence-corrected chi connectivity index (χ0v) is 11.5. The van der Waals surface area contributed by atoms with E-state index in [9.17, 15) is 36.1 Å². The van der Waals surface area contributed by atoms with Crippen LogP contribution in [0.2, 0.25) is 0 Å². The standard InChI is InChI=1S/C9H12F2O9S/c1-18-6(12)2-3-7(13)19-4-5-20-8(14)9(10,11)21(15,16)17/h2-5H2,1H3,(H,15,16,17)/p-1. The summed E-state index contributed by atoms with van der Waals surface area (Å²) < 4.78 is 67.9. The molecule has 0 radical (unpaired) electrons. The number of halogens is 2. The van der Waals surface area contributed by atoms with E-state index in [1.165, 1.54) is 0 Å². The fraction of sp³-hybridized carbons (Fsp3) is 0.667. The lowest BCUT2D eigenvalue weighted by atomic mass is 10.3. The third-order valence-corrected chi connectivity index (χ3v) is 2.69. The molecule has 122 valence electrons. The first-order chi connectivity index (χ1) is 9.52. The van der Waals surface area contributed by atoms with E-state index in [0.717, 1.165) is 7.11 Å². The number of methoxy groups -OCH3 is 1. The van der Waals surface area contributed by atoms with Gasteiger partial charge in [-0.1, -0.05) is 0 Å². The van der Waals surface area contributed by atoms with Gasteiger partial charge in [0.05, 0.1) is 20.0 Å². The smallest absolute Gasteiger partial charge is 0.428 e. The summed E-state index contributed by atoms with van der Waals surface area (Å²) in [4.78, 5) is 32.3. The molecule has 0 aliphatic heterocycles. The predicted molar refractivity (Wildman–Crippen MR) is 57.8 cm³/mol. The highest BCUT2D eigenvalue weighted by molar-refractivity contribution is 7.87. The molecule has 21 heavy (non-hydrogen) atoms. The van der Waals surface area contributed by atoms with Gasteiger partial charge in [-0.25, -0.2) is 13.2 Å². The minimum atomic E-state index is -6.19. The average Bonchev–Trinajstić information content (AvgIpc) is 2.39. The first kappa shape index (κ1) is 19.2. The number of rotatable bonds is 8. The summed E-state index contributed by atoms with van der Waals surface area (Å²) in [7, 11) is -5.08. The van der Waals surface area contributed by atoms with E-state index in [0.29, 0.717) is 0 Å². The molecule has 0 aliphatic carbocycles. The van der Waals surface area contributed by atoms with Gasteiger partial charge in [0.25, 0.3) is 0 Å². The second-order valence-corrected chi connectivity index (χ2v) is 4.82. The van der Waals surface area contributed by atoms with Crippen LogP contribution in [0.5, 0.6) is 0 Å². The molecule has 0 aromatic carbocycles. The second kappa shape index (κ2) is 7.83. The third-order valence-electron chi connectivity index (χ3n) is 1.89. The van der Waals surface area contributed by atoms with E-state index >= 15 is 0 Å². The number of hydrogen-bond donors (Lipinski definition) is 0. The van der Waals surface area contributed by atoms with Gasteiger partial charge in [0.15, 0.2) is 10.1 Å². The summed E-state index contributed by atoms with van der Waals surface area (Å²) in [6.45, 7) is -1.53. The van der Waals surface area contributed by atoms with Crippen molar-refractivity contribution < 1.29 is 50.3 Å². The molecular formula is C9H11F2O9S-. The molecule has 0 fully saturated rings. The molecule has 0 bridgehead atoms. The van der Waals surface area contributed by atoms with Crippen LogP contribution >= 0.6 is 0 Å². The van der Waals surface area contributed by atoms with Crippen LogP contribution in [0, 0.1) is 0 Å². The van der Waals surface area contributed by atoms with Crippen molar-refractivity contribution in [2.75, 3.05) is 20.3 Å². The van der Waals surface area contributed by atoms with Gasteiger partial charge in [0.2, 0.25) is 0 Å². The zero-order valence-electron chi connectivity index (χ0n) is 10.7. The molecule has 0 spiro atoms. The fourth-order valence-electron chi connectivity index (χ4n) is 0.854. The molecule has 0 heterocycles. The normalized spacial score (nSPS) is 11.6. The van der Waals surface area contributed by atoms with E-state index < -0.39 is 46.5 Å². The van der Waals surface area contributed by atoms with Crippen LogP contribution in [0.25, 0.3) is 0 Å². The van der Waals surface area contributed by atoms with E-state index in [1.54, 1.807) is 0 Å². The van der Waals surface area contributed by atoms with Crippen LogP contribution in [0.4, 0.5) is 8.78 Å². The molecule has 12 heteroatoms. The fourth-order valence-corrected chi connectivity index (χ4v) is 1.12. The van der Waals surface area contributed by atoms with Crippen molar-refractivity contribution in [2.45, 2.75) is 18.1 Å². The molecule has 0 rings (SSSR count). The third kappa shape index (κ3) is 6.44. The summed E-state index contributed by atoms with van der Waals surface area (Å²) >= 11 is 0. The van der Waals surface area contributed by atoms with Gasteiger partial charge in [0.1, 0.15) is 13.2 Å². The number of esters is 3. The van der Waals surface area contributed by atoms with E-state index in [-0.39, 0.29) is 12.8 Å². The zero-order chi connectivity index (χ0) is 16.7. The second-order valence-electron chi connectivity index (χ2n) is 3.40. The summed E-state index contributed by atoms with van der Waals surface area (Å²) in [5, 5.41) is -5.22. The Morgan fingerprint density at radius 1 is 1.05 bits per heavy atom. The van der Waals surface area contributed by atoms with Gasteiger partial charge in [-0.2, -0.15) is 8.78 Å². The SMILES string of the molecule is COC(=O)CCC(=O)OCCOC(=O)C(F)(F)S(=O)(=O)[O-]. The molecular weight excluding hydrogens is 322 g/mol. The van der Waals surface area contributed by atoms with Crippen LogP contribution in [-0.2, 0) is 38.7 Å². The quantitative estimate of drug-likeness (QED) is 0.241. The Morgan fingerprint density at radius 2 is 1.52 bits per heavy atom. The van der Waals surface area contributed by atoms with Crippen molar-refractivity contribution in [1.29, 1.82) is 0 Å². The summed E-state index contributed by atoms with van der Waals surface area (Å²) in [6, 6.07) is 0. The molecule has 0 saturated carbocycles. The number of alkyl halides is 2. The number of carbonyl (C=O) groups excluding carboxylic acids is 3. The Morgan fingerprint density at radius 3 is 2.00 bits per heavy atom. The highest BCUT2D eigenvalue weighted by atomic mass is 32.2. The largest absolute Gasteiger partial charge is 0.743 e. The minimum Gasteiger partial charge on any atom is -0.743 e. The predicted octanol–water partition coefficient (Wildman–Crippen LogP) is -0.836. The van der Waals surface area contributed by atoms with Gasteiger partial charge in [-0.3, -0.25) is 9.59 Å². The van der Waals surface area contributed by atoms with Gasteiger partial charge in [0, 0.05) is 0 Å².